The summed E-state index contributed by atoms with van der Waals surface area (Å²) in [7, 11) is 0. The van der Waals surface area contributed by atoms with Crippen LogP contribution in [0.4, 0.5) is 4.79 Å². The van der Waals surface area contributed by atoms with Crippen LogP contribution in [0.5, 0.6) is 0 Å². The number of H-pyrrole nitrogens is 1. The zero-order valence-corrected chi connectivity index (χ0v) is 7.70. The maximum Gasteiger partial charge on any atom is 0.423 e. The minimum Gasteiger partial charge on any atom is -0.464 e. The molecule has 2 amide bonds. The first-order valence-corrected chi connectivity index (χ1v) is 3.86. The van der Waals surface area contributed by atoms with E-state index in [-0.39, 0.29) is 11.5 Å². The lowest BCUT2D eigenvalue weighted by Crippen LogP contribution is -2.41. The van der Waals surface area contributed by atoms with Gasteiger partial charge in [0.15, 0.2) is 0 Å². The molecular weight excluding hydrogens is 204 g/mol. The van der Waals surface area contributed by atoms with Gasteiger partial charge in [0.25, 0.3) is 11.5 Å². The number of carbonyl (C=O) groups is 2. The molecule has 80 valence electrons. The third kappa shape index (κ3) is 3.10. The average molecular weight is 212 g/mol. The fraction of sp³-hybridized carbons (Fsp3) is 0.143. The smallest absolute Gasteiger partial charge is 0.423 e. The van der Waals surface area contributed by atoms with Gasteiger partial charge < -0.3 is 10.1 Å². The van der Waals surface area contributed by atoms with Crippen LogP contribution in [0.15, 0.2) is 10.9 Å². The van der Waals surface area contributed by atoms with E-state index in [4.69, 9.17) is 5.11 Å². The lowest BCUT2D eigenvalue weighted by Gasteiger charge is -2.03. The Labute approximate surface area is 83.3 Å². The van der Waals surface area contributed by atoms with Crippen molar-refractivity contribution in [1.29, 1.82) is 0 Å². The quantitative estimate of drug-likeness (QED) is 0.444. The number of rotatable bonds is 1. The van der Waals surface area contributed by atoms with Crippen LogP contribution in [-0.4, -0.2) is 27.1 Å². The van der Waals surface area contributed by atoms with Gasteiger partial charge in [0.1, 0.15) is 11.5 Å². The van der Waals surface area contributed by atoms with E-state index in [0.717, 1.165) is 6.07 Å². The SMILES string of the molecule is Cc1nc(C(=O)NNC(=O)O)cc(=O)[nH]1. The summed E-state index contributed by atoms with van der Waals surface area (Å²) in [5.41, 5.74) is 2.85. The number of carbonyl (C=O) groups excluding carboxylic acids is 1. The molecule has 1 rings (SSSR count). The molecular formula is C7H8N4O4. The number of hydrogen-bond acceptors (Lipinski definition) is 4. The first-order chi connectivity index (χ1) is 6.99. The van der Waals surface area contributed by atoms with Gasteiger partial charge in [-0.25, -0.2) is 15.2 Å². The van der Waals surface area contributed by atoms with Crippen molar-refractivity contribution >= 4 is 12.0 Å². The number of carboxylic acid groups (broad SMARTS) is 1. The number of aromatic amines is 1. The summed E-state index contributed by atoms with van der Waals surface area (Å²) >= 11 is 0. The fourth-order valence-corrected chi connectivity index (χ4v) is 0.870. The van der Waals surface area contributed by atoms with Crippen molar-refractivity contribution in [3.63, 3.8) is 0 Å². The van der Waals surface area contributed by atoms with Gasteiger partial charge in [-0.15, -0.1) is 0 Å². The summed E-state index contributed by atoms with van der Waals surface area (Å²) in [6.45, 7) is 1.50. The van der Waals surface area contributed by atoms with Crippen LogP contribution in [-0.2, 0) is 0 Å². The second-order valence-corrected chi connectivity index (χ2v) is 2.60. The zero-order valence-electron chi connectivity index (χ0n) is 7.70. The molecule has 0 radical (unpaired) electrons. The second kappa shape index (κ2) is 4.22. The van der Waals surface area contributed by atoms with Crippen molar-refractivity contribution in [2.45, 2.75) is 6.92 Å². The predicted molar refractivity (Wildman–Crippen MR) is 48.2 cm³/mol. The van der Waals surface area contributed by atoms with E-state index in [1.807, 2.05) is 5.43 Å². The molecule has 0 unspecified atom stereocenters. The first kappa shape index (κ1) is 10.7. The molecule has 15 heavy (non-hydrogen) atoms. The molecule has 0 saturated carbocycles. The van der Waals surface area contributed by atoms with Gasteiger partial charge >= 0.3 is 6.09 Å². The highest BCUT2D eigenvalue weighted by molar-refractivity contribution is 5.92. The average Bonchev–Trinajstić information content (AvgIpc) is 2.12. The predicted octanol–water partition coefficient (Wildman–Crippen LogP) is -1.01. The Hall–Kier alpha value is -2.38. The van der Waals surface area contributed by atoms with E-state index < -0.39 is 17.6 Å². The number of aryl methyl sites for hydroxylation is 1. The molecule has 0 saturated heterocycles. The van der Waals surface area contributed by atoms with Crippen molar-refractivity contribution in [3.8, 4) is 0 Å². The summed E-state index contributed by atoms with van der Waals surface area (Å²) in [6, 6.07) is 0.964. The molecule has 0 aliphatic heterocycles. The van der Waals surface area contributed by atoms with E-state index in [1.54, 1.807) is 5.43 Å². The van der Waals surface area contributed by atoms with Crippen LogP contribution in [0, 0.1) is 6.92 Å². The Morgan fingerprint density at radius 3 is 2.67 bits per heavy atom. The molecule has 8 heteroatoms. The molecule has 8 nitrogen and oxygen atoms in total. The maximum atomic E-state index is 11.2. The van der Waals surface area contributed by atoms with E-state index in [2.05, 4.69) is 9.97 Å². The molecule has 0 aliphatic rings. The van der Waals surface area contributed by atoms with Gasteiger partial charge in [0.05, 0.1) is 0 Å². The van der Waals surface area contributed by atoms with Crippen LogP contribution in [0.3, 0.4) is 0 Å². The molecule has 1 heterocycles. The molecule has 0 atom stereocenters. The molecule has 1 aromatic rings. The Morgan fingerprint density at radius 1 is 1.47 bits per heavy atom. The van der Waals surface area contributed by atoms with Crippen molar-refractivity contribution < 1.29 is 14.7 Å². The number of nitrogens with one attached hydrogen (secondary N) is 3. The molecule has 0 spiro atoms. The summed E-state index contributed by atoms with van der Waals surface area (Å²) in [4.78, 5) is 38.3. The van der Waals surface area contributed by atoms with Crippen molar-refractivity contribution in [2.75, 3.05) is 0 Å². The molecule has 0 aliphatic carbocycles. The lowest BCUT2D eigenvalue weighted by molar-refractivity contribution is 0.0921. The van der Waals surface area contributed by atoms with Crippen LogP contribution in [0.1, 0.15) is 16.3 Å². The molecule has 1 aromatic heterocycles. The second-order valence-electron chi connectivity index (χ2n) is 2.60. The number of hydrazine groups is 1. The van der Waals surface area contributed by atoms with Gasteiger partial charge in [-0.3, -0.25) is 15.0 Å². The molecule has 0 fully saturated rings. The summed E-state index contributed by atoms with van der Waals surface area (Å²) < 4.78 is 0. The summed E-state index contributed by atoms with van der Waals surface area (Å²) in [5.74, 6) is -0.533. The van der Waals surface area contributed by atoms with Crippen molar-refractivity contribution in [1.82, 2.24) is 20.8 Å². The van der Waals surface area contributed by atoms with Crippen LogP contribution >= 0.6 is 0 Å². The van der Waals surface area contributed by atoms with Crippen LogP contribution in [0.2, 0.25) is 0 Å². The van der Waals surface area contributed by atoms with Crippen molar-refractivity contribution in [3.05, 3.63) is 27.9 Å². The topological polar surface area (TPSA) is 124 Å². The molecule has 0 bridgehead atoms. The lowest BCUT2D eigenvalue weighted by atomic mass is 10.4. The third-order valence-corrected chi connectivity index (χ3v) is 1.38. The fourth-order valence-electron chi connectivity index (χ4n) is 0.870. The van der Waals surface area contributed by atoms with Crippen LogP contribution in [0.25, 0.3) is 0 Å². The van der Waals surface area contributed by atoms with Gasteiger partial charge in [-0.1, -0.05) is 0 Å². The Balaban J connectivity index is 2.82. The van der Waals surface area contributed by atoms with Gasteiger partial charge in [0.2, 0.25) is 0 Å². The van der Waals surface area contributed by atoms with E-state index in [0.29, 0.717) is 0 Å². The Kier molecular flexibility index (Phi) is 3.01. The number of amides is 2. The highest BCUT2D eigenvalue weighted by atomic mass is 16.4. The normalized spacial score (nSPS) is 9.40. The number of nitrogens with zero attached hydrogens (tertiary/aromatic N) is 1. The highest BCUT2D eigenvalue weighted by Gasteiger charge is 2.09. The molecule has 0 aromatic carbocycles. The Morgan fingerprint density at radius 2 is 2.13 bits per heavy atom. The highest BCUT2D eigenvalue weighted by Crippen LogP contribution is 1.89. The largest absolute Gasteiger partial charge is 0.464 e. The van der Waals surface area contributed by atoms with Crippen molar-refractivity contribution in [2.24, 2.45) is 0 Å². The first-order valence-electron chi connectivity index (χ1n) is 3.86. The summed E-state index contributed by atoms with van der Waals surface area (Å²) in [5, 5.41) is 8.20. The molecule has 4 N–H and O–H groups in total. The third-order valence-electron chi connectivity index (χ3n) is 1.38. The number of aromatic nitrogens is 2. The number of hydrogen-bond donors (Lipinski definition) is 4. The Bertz CT molecular complexity index is 453. The van der Waals surface area contributed by atoms with Gasteiger partial charge in [-0.2, -0.15) is 0 Å². The van der Waals surface area contributed by atoms with Gasteiger partial charge in [-0.05, 0) is 6.92 Å². The minimum absolute atomic E-state index is 0.162. The van der Waals surface area contributed by atoms with E-state index in [1.165, 1.54) is 6.92 Å². The standard InChI is InChI=1S/C7H8N4O4/c1-3-8-4(2-5(12)9-3)6(13)10-11-7(14)15/h2,11H,1H3,(H,10,13)(H,14,15)(H,8,9,12). The monoisotopic (exact) mass is 212 g/mol. The maximum absolute atomic E-state index is 11.2. The van der Waals surface area contributed by atoms with Gasteiger partial charge in [0, 0.05) is 6.07 Å². The summed E-state index contributed by atoms with van der Waals surface area (Å²) in [6.07, 6.45) is -1.41. The van der Waals surface area contributed by atoms with Crippen LogP contribution < -0.4 is 16.4 Å². The zero-order chi connectivity index (χ0) is 11.4. The minimum atomic E-state index is -1.41. The van der Waals surface area contributed by atoms with E-state index in [9.17, 15) is 14.4 Å². The van der Waals surface area contributed by atoms with E-state index >= 15 is 0 Å².